The summed E-state index contributed by atoms with van der Waals surface area (Å²) in [6, 6.07) is 53.9. The molecule has 3 heteroatoms. The third kappa shape index (κ3) is 5.03. The van der Waals surface area contributed by atoms with Crippen LogP contribution in [0.3, 0.4) is 0 Å². The molecule has 0 fully saturated rings. The maximum Gasteiger partial charge on any atom is 0.160 e. The molecule has 0 radical (unpaired) electrons. The molecule has 49 heavy (non-hydrogen) atoms. The Morgan fingerprint density at radius 3 is 1.76 bits per heavy atom. The minimum Gasteiger partial charge on any atom is -0.264 e. The first-order valence-corrected chi connectivity index (χ1v) is 16.8. The van der Waals surface area contributed by atoms with Crippen molar-refractivity contribution in [3.63, 3.8) is 0 Å². The van der Waals surface area contributed by atoms with Gasteiger partial charge in [0.25, 0.3) is 0 Å². The smallest absolute Gasteiger partial charge is 0.160 e. The van der Waals surface area contributed by atoms with Gasteiger partial charge >= 0.3 is 0 Å². The van der Waals surface area contributed by atoms with Crippen LogP contribution in [0.2, 0.25) is 0 Å². The molecule has 0 aliphatic heterocycles. The number of fused-ring (bicyclic) bond motifs is 5. The van der Waals surface area contributed by atoms with E-state index in [1.54, 1.807) is 6.20 Å². The number of rotatable bonds is 5. The van der Waals surface area contributed by atoms with Gasteiger partial charge in [0.15, 0.2) is 5.82 Å². The summed E-state index contributed by atoms with van der Waals surface area (Å²) in [5.41, 5.74) is 14.9. The van der Waals surface area contributed by atoms with E-state index in [-0.39, 0.29) is 5.41 Å². The van der Waals surface area contributed by atoms with Crippen LogP contribution in [0.1, 0.15) is 25.0 Å². The van der Waals surface area contributed by atoms with Gasteiger partial charge in [0.2, 0.25) is 0 Å². The Hall–Kier alpha value is -6.19. The van der Waals surface area contributed by atoms with E-state index in [0.29, 0.717) is 5.82 Å². The zero-order valence-electron chi connectivity index (χ0n) is 27.4. The zero-order valence-corrected chi connectivity index (χ0v) is 27.4. The summed E-state index contributed by atoms with van der Waals surface area (Å²) in [4.78, 5) is 14.4. The fourth-order valence-corrected chi connectivity index (χ4v) is 7.46. The number of hydrogen-bond donors (Lipinski definition) is 0. The standard InChI is InChI=1S/C46H33N3/c1-46(2)41-25-23-36(27-40(41)39-24-22-32-9-6-7-13-38(32)44(39)46)30-14-18-33(19-15-30)42-28-43(49-45(48-42)35-10-4-3-5-11-35)34-20-16-31(17-21-34)37-12-8-26-47-29-37/h3-29H,1-2H3. The van der Waals surface area contributed by atoms with Crippen LogP contribution in [0, 0.1) is 0 Å². The molecule has 1 aliphatic rings. The lowest BCUT2D eigenvalue weighted by Crippen LogP contribution is -2.15. The first kappa shape index (κ1) is 29.0. The van der Waals surface area contributed by atoms with E-state index in [1.165, 1.54) is 44.2 Å². The molecule has 0 unspecified atom stereocenters. The van der Waals surface area contributed by atoms with E-state index in [2.05, 4.69) is 146 Å². The van der Waals surface area contributed by atoms with Crippen molar-refractivity contribution in [3.05, 3.63) is 175 Å². The van der Waals surface area contributed by atoms with Crippen LogP contribution in [-0.2, 0) is 5.41 Å². The highest BCUT2D eigenvalue weighted by molar-refractivity contribution is 5.98. The van der Waals surface area contributed by atoms with Gasteiger partial charge in [-0.05, 0) is 73.5 Å². The van der Waals surface area contributed by atoms with E-state index < -0.39 is 0 Å². The molecule has 0 saturated heterocycles. The summed E-state index contributed by atoms with van der Waals surface area (Å²) in [5, 5.41) is 2.64. The topological polar surface area (TPSA) is 38.7 Å². The highest BCUT2D eigenvalue weighted by Crippen LogP contribution is 2.52. The third-order valence-electron chi connectivity index (χ3n) is 9.98. The molecule has 0 saturated carbocycles. The molecule has 9 rings (SSSR count). The van der Waals surface area contributed by atoms with Gasteiger partial charge in [0.05, 0.1) is 11.4 Å². The molecule has 0 atom stereocenters. The van der Waals surface area contributed by atoms with Gasteiger partial charge < -0.3 is 0 Å². The Morgan fingerprint density at radius 1 is 0.449 bits per heavy atom. The summed E-state index contributed by atoms with van der Waals surface area (Å²) in [6.45, 7) is 4.71. The fraction of sp³-hybridized carbons (Fsp3) is 0.0652. The van der Waals surface area contributed by atoms with E-state index >= 15 is 0 Å². The minimum atomic E-state index is -0.0613. The molecule has 232 valence electrons. The SMILES string of the molecule is CC1(C)c2ccc(-c3ccc(-c4cc(-c5ccc(-c6cccnc6)cc5)nc(-c5ccccc5)n4)cc3)cc2-c2ccc3ccccc3c21. The molecular formula is C46H33N3. The molecule has 1 aliphatic carbocycles. The van der Waals surface area contributed by atoms with Crippen molar-refractivity contribution >= 4 is 10.8 Å². The number of benzene rings is 6. The van der Waals surface area contributed by atoms with Crippen molar-refractivity contribution in [2.45, 2.75) is 19.3 Å². The molecule has 0 bridgehead atoms. The largest absolute Gasteiger partial charge is 0.264 e. The number of aromatic nitrogens is 3. The van der Waals surface area contributed by atoms with Crippen LogP contribution in [0.4, 0.5) is 0 Å². The van der Waals surface area contributed by atoms with Gasteiger partial charge in [-0.15, -0.1) is 0 Å². The molecule has 2 heterocycles. The summed E-state index contributed by atoms with van der Waals surface area (Å²) >= 11 is 0. The highest BCUT2D eigenvalue weighted by Gasteiger charge is 2.36. The van der Waals surface area contributed by atoms with Crippen LogP contribution < -0.4 is 0 Å². The van der Waals surface area contributed by atoms with Crippen molar-refractivity contribution in [1.29, 1.82) is 0 Å². The van der Waals surface area contributed by atoms with Gasteiger partial charge in [-0.1, -0.05) is 147 Å². The molecule has 2 aromatic heterocycles. The van der Waals surface area contributed by atoms with Crippen LogP contribution in [0.25, 0.3) is 78.1 Å². The Morgan fingerprint density at radius 2 is 1.06 bits per heavy atom. The Labute approximate surface area is 286 Å². The number of nitrogens with zero attached hydrogens (tertiary/aromatic N) is 3. The molecule has 8 aromatic rings. The van der Waals surface area contributed by atoms with Crippen LogP contribution in [-0.4, -0.2) is 15.0 Å². The fourth-order valence-electron chi connectivity index (χ4n) is 7.46. The Bertz CT molecular complexity index is 2480. The highest BCUT2D eigenvalue weighted by atomic mass is 14.9. The van der Waals surface area contributed by atoms with Gasteiger partial charge in [0, 0.05) is 34.5 Å². The predicted octanol–water partition coefficient (Wildman–Crippen LogP) is 11.7. The molecule has 3 nitrogen and oxygen atoms in total. The van der Waals surface area contributed by atoms with Gasteiger partial charge in [-0.2, -0.15) is 0 Å². The second-order valence-corrected chi connectivity index (χ2v) is 13.3. The lowest BCUT2D eigenvalue weighted by atomic mass is 9.80. The summed E-state index contributed by atoms with van der Waals surface area (Å²) in [5.74, 6) is 0.709. The van der Waals surface area contributed by atoms with Crippen LogP contribution in [0.15, 0.2) is 164 Å². The van der Waals surface area contributed by atoms with Crippen molar-refractivity contribution in [2.75, 3.05) is 0 Å². The first-order chi connectivity index (χ1) is 24.0. The molecular weight excluding hydrogens is 595 g/mol. The van der Waals surface area contributed by atoms with Crippen molar-refractivity contribution in [2.24, 2.45) is 0 Å². The minimum absolute atomic E-state index is 0.0613. The number of hydrogen-bond acceptors (Lipinski definition) is 3. The quantitative estimate of drug-likeness (QED) is 0.191. The maximum absolute atomic E-state index is 5.06. The summed E-state index contributed by atoms with van der Waals surface area (Å²) < 4.78 is 0. The summed E-state index contributed by atoms with van der Waals surface area (Å²) in [7, 11) is 0. The Kier molecular flexibility index (Phi) is 6.80. The van der Waals surface area contributed by atoms with Crippen molar-refractivity contribution in [3.8, 4) is 67.3 Å². The second kappa shape index (κ2) is 11.5. The van der Waals surface area contributed by atoms with Gasteiger partial charge in [-0.25, -0.2) is 9.97 Å². The average molecular weight is 628 g/mol. The normalized spacial score (nSPS) is 12.9. The third-order valence-corrected chi connectivity index (χ3v) is 9.98. The molecule has 0 spiro atoms. The first-order valence-electron chi connectivity index (χ1n) is 16.8. The lowest BCUT2D eigenvalue weighted by Gasteiger charge is -2.23. The van der Waals surface area contributed by atoms with E-state index in [0.717, 1.165) is 39.2 Å². The van der Waals surface area contributed by atoms with Crippen LogP contribution in [0.5, 0.6) is 0 Å². The molecule has 0 N–H and O–H groups in total. The monoisotopic (exact) mass is 627 g/mol. The average Bonchev–Trinajstić information content (AvgIpc) is 3.41. The van der Waals surface area contributed by atoms with Gasteiger partial charge in [0.1, 0.15) is 0 Å². The summed E-state index contributed by atoms with van der Waals surface area (Å²) in [6.07, 6.45) is 3.68. The second-order valence-electron chi connectivity index (χ2n) is 13.3. The number of pyridine rings is 1. The molecule has 6 aromatic carbocycles. The zero-order chi connectivity index (χ0) is 33.0. The van der Waals surface area contributed by atoms with E-state index in [1.807, 2.05) is 30.5 Å². The maximum atomic E-state index is 5.06. The predicted molar refractivity (Wildman–Crippen MR) is 202 cm³/mol. The van der Waals surface area contributed by atoms with Crippen LogP contribution >= 0.6 is 0 Å². The lowest BCUT2D eigenvalue weighted by molar-refractivity contribution is 0.666. The van der Waals surface area contributed by atoms with Crippen molar-refractivity contribution < 1.29 is 0 Å². The Balaban J connectivity index is 1.09. The van der Waals surface area contributed by atoms with Crippen molar-refractivity contribution in [1.82, 2.24) is 15.0 Å². The van der Waals surface area contributed by atoms with E-state index in [9.17, 15) is 0 Å². The van der Waals surface area contributed by atoms with Gasteiger partial charge in [-0.3, -0.25) is 4.98 Å². The van der Waals surface area contributed by atoms with E-state index in [4.69, 9.17) is 9.97 Å². The molecule has 0 amide bonds.